The van der Waals surface area contributed by atoms with Crippen molar-refractivity contribution in [1.29, 1.82) is 0 Å². The van der Waals surface area contributed by atoms with E-state index in [0.29, 0.717) is 31.2 Å². The van der Waals surface area contributed by atoms with Crippen molar-refractivity contribution in [2.24, 2.45) is 7.05 Å². The molecule has 10 heteroatoms. The van der Waals surface area contributed by atoms with Crippen LogP contribution >= 0.6 is 0 Å². The molecule has 3 aromatic heterocycles. The third-order valence-corrected chi connectivity index (χ3v) is 4.86. The molecule has 152 valence electrons. The van der Waals surface area contributed by atoms with E-state index in [2.05, 4.69) is 25.2 Å². The van der Waals surface area contributed by atoms with E-state index in [1.165, 1.54) is 0 Å². The lowest BCUT2D eigenvalue weighted by Gasteiger charge is -2.41. The van der Waals surface area contributed by atoms with Gasteiger partial charge in [-0.1, -0.05) is 6.07 Å². The summed E-state index contributed by atoms with van der Waals surface area (Å²) >= 11 is 0. The van der Waals surface area contributed by atoms with Gasteiger partial charge < -0.3 is 14.5 Å². The molecule has 1 fully saturated rings. The number of hydrogen-bond acceptors (Lipinski definition) is 7. The second kappa shape index (κ2) is 8.10. The molecule has 0 aliphatic carbocycles. The fourth-order valence-electron chi connectivity index (χ4n) is 3.61. The molecule has 0 radical (unpaired) electrons. The quantitative estimate of drug-likeness (QED) is 0.621. The monoisotopic (exact) mass is 396 g/mol. The normalized spacial score (nSPS) is 19.7. The van der Waals surface area contributed by atoms with Crippen molar-refractivity contribution < 1.29 is 9.53 Å². The Bertz CT molecular complexity index is 968. The van der Waals surface area contributed by atoms with Gasteiger partial charge in [-0.2, -0.15) is 5.10 Å². The fourth-order valence-corrected chi connectivity index (χ4v) is 3.61. The lowest BCUT2D eigenvalue weighted by molar-refractivity contribution is -0.0686. The van der Waals surface area contributed by atoms with E-state index in [0.717, 1.165) is 5.56 Å². The number of rotatable bonds is 5. The van der Waals surface area contributed by atoms with Crippen LogP contribution in [-0.4, -0.2) is 85.1 Å². The Labute approximate surface area is 168 Å². The van der Waals surface area contributed by atoms with Crippen molar-refractivity contribution in [3.63, 3.8) is 0 Å². The van der Waals surface area contributed by atoms with Gasteiger partial charge in [-0.05, 0) is 26.2 Å². The van der Waals surface area contributed by atoms with Crippen LogP contribution in [0.5, 0.6) is 0 Å². The van der Waals surface area contributed by atoms with Crippen molar-refractivity contribution in [1.82, 2.24) is 39.3 Å². The molecule has 4 heterocycles. The van der Waals surface area contributed by atoms with E-state index in [9.17, 15) is 4.79 Å². The van der Waals surface area contributed by atoms with Crippen molar-refractivity contribution in [3.05, 3.63) is 54.5 Å². The van der Waals surface area contributed by atoms with Crippen LogP contribution in [0.25, 0.3) is 5.82 Å². The first kappa shape index (κ1) is 19.2. The predicted molar refractivity (Wildman–Crippen MR) is 104 cm³/mol. The van der Waals surface area contributed by atoms with Gasteiger partial charge >= 0.3 is 0 Å². The van der Waals surface area contributed by atoms with Gasteiger partial charge in [0.05, 0.1) is 24.9 Å². The summed E-state index contributed by atoms with van der Waals surface area (Å²) in [5, 5.41) is 11.9. The Morgan fingerprint density at radius 2 is 2.07 bits per heavy atom. The lowest BCUT2D eigenvalue weighted by atomic mass is 10.00. The molecule has 10 nitrogen and oxygen atoms in total. The number of nitrogens with zero attached hydrogens (tertiary/aromatic N) is 8. The van der Waals surface area contributed by atoms with Gasteiger partial charge in [0.15, 0.2) is 0 Å². The molecule has 3 aromatic rings. The minimum absolute atomic E-state index is 0.138. The first-order valence-corrected chi connectivity index (χ1v) is 9.41. The minimum atomic E-state index is -0.243. The maximum Gasteiger partial charge on any atom is 0.273 e. The molecular formula is C19H24N8O2. The molecule has 0 N–H and O–H groups in total. The molecule has 1 aliphatic heterocycles. The summed E-state index contributed by atoms with van der Waals surface area (Å²) in [5.74, 6) is 0.456. The zero-order valence-corrected chi connectivity index (χ0v) is 16.7. The number of carbonyl (C=O) groups is 1. The van der Waals surface area contributed by atoms with E-state index in [1.807, 2.05) is 44.4 Å². The van der Waals surface area contributed by atoms with Crippen LogP contribution in [-0.2, 0) is 11.8 Å². The molecule has 29 heavy (non-hydrogen) atoms. The number of carbonyl (C=O) groups excluding carboxylic acids is 1. The summed E-state index contributed by atoms with van der Waals surface area (Å²) in [6.07, 6.45) is 6.67. The SMILES string of the molecule is CN(C)C[C@@H]1OCCN(C(=O)c2cccc(-n3cnnc3)n2)[C@H]1c1cnn(C)c1. The van der Waals surface area contributed by atoms with Crippen LogP contribution in [0.15, 0.2) is 43.2 Å². The van der Waals surface area contributed by atoms with Crippen molar-refractivity contribution >= 4 is 5.91 Å². The average Bonchev–Trinajstić information content (AvgIpc) is 3.39. The molecule has 2 atom stereocenters. The van der Waals surface area contributed by atoms with E-state index >= 15 is 0 Å². The average molecular weight is 396 g/mol. The highest BCUT2D eigenvalue weighted by Crippen LogP contribution is 2.31. The molecule has 0 aromatic carbocycles. The summed E-state index contributed by atoms with van der Waals surface area (Å²) in [4.78, 5) is 21.9. The van der Waals surface area contributed by atoms with Crippen LogP contribution < -0.4 is 0 Å². The summed E-state index contributed by atoms with van der Waals surface area (Å²) in [6.45, 7) is 1.66. The van der Waals surface area contributed by atoms with Crippen molar-refractivity contribution in [2.75, 3.05) is 33.8 Å². The maximum absolute atomic E-state index is 13.5. The van der Waals surface area contributed by atoms with Crippen molar-refractivity contribution in [2.45, 2.75) is 12.1 Å². The number of aryl methyl sites for hydroxylation is 1. The summed E-state index contributed by atoms with van der Waals surface area (Å²) < 4.78 is 9.46. The van der Waals surface area contributed by atoms with Gasteiger partial charge in [-0.25, -0.2) is 4.98 Å². The molecular weight excluding hydrogens is 372 g/mol. The Morgan fingerprint density at radius 1 is 1.28 bits per heavy atom. The summed E-state index contributed by atoms with van der Waals surface area (Å²) in [7, 11) is 5.85. The molecule has 1 amide bonds. The lowest BCUT2D eigenvalue weighted by Crippen LogP contribution is -2.51. The Balaban J connectivity index is 1.67. The standard InChI is InChI=1S/C19H24N8O2/c1-24(2)11-16-18(14-9-22-25(3)10-14)27(7-8-29-16)19(28)15-5-4-6-17(23-15)26-12-20-21-13-26/h4-6,9-10,12-13,16,18H,7-8,11H2,1-3H3/t16-,18-/m0/s1. The van der Waals surface area contributed by atoms with E-state index in [1.54, 1.807) is 34.2 Å². The van der Waals surface area contributed by atoms with E-state index < -0.39 is 0 Å². The zero-order valence-electron chi connectivity index (χ0n) is 16.7. The van der Waals surface area contributed by atoms with Crippen LogP contribution in [0.3, 0.4) is 0 Å². The molecule has 1 saturated heterocycles. The van der Waals surface area contributed by atoms with Gasteiger partial charge in [0.1, 0.15) is 24.2 Å². The fraction of sp³-hybridized carbons (Fsp3) is 0.421. The van der Waals surface area contributed by atoms with Crippen molar-refractivity contribution in [3.8, 4) is 5.82 Å². The second-order valence-corrected chi connectivity index (χ2v) is 7.31. The highest BCUT2D eigenvalue weighted by molar-refractivity contribution is 5.93. The van der Waals surface area contributed by atoms with Gasteiger partial charge in [-0.3, -0.25) is 14.0 Å². The van der Waals surface area contributed by atoms with Gasteiger partial charge in [-0.15, -0.1) is 10.2 Å². The van der Waals surface area contributed by atoms with Crippen LogP contribution in [0, 0.1) is 0 Å². The van der Waals surface area contributed by atoms with Gasteiger partial charge in [0.2, 0.25) is 0 Å². The predicted octanol–water partition coefficient (Wildman–Crippen LogP) is 0.540. The number of amides is 1. The molecule has 0 bridgehead atoms. The number of ether oxygens (including phenoxy) is 1. The van der Waals surface area contributed by atoms with Gasteiger partial charge in [0, 0.05) is 31.9 Å². The van der Waals surface area contributed by atoms with Crippen LogP contribution in [0.4, 0.5) is 0 Å². The number of pyridine rings is 1. The minimum Gasteiger partial charge on any atom is -0.373 e. The largest absolute Gasteiger partial charge is 0.373 e. The summed E-state index contributed by atoms with van der Waals surface area (Å²) in [6, 6.07) is 5.11. The Hall–Kier alpha value is -3.11. The highest BCUT2D eigenvalue weighted by atomic mass is 16.5. The molecule has 0 unspecified atom stereocenters. The zero-order chi connectivity index (χ0) is 20.4. The third kappa shape index (κ3) is 4.03. The smallest absolute Gasteiger partial charge is 0.273 e. The number of hydrogen-bond donors (Lipinski definition) is 0. The molecule has 0 saturated carbocycles. The third-order valence-electron chi connectivity index (χ3n) is 4.86. The van der Waals surface area contributed by atoms with E-state index in [-0.39, 0.29) is 18.1 Å². The first-order valence-electron chi connectivity index (χ1n) is 9.41. The number of aromatic nitrogens is 6. The second-order valence-electron chi connectivity index (χ2n) is 7.31. The number of likely N-dealkylation sites (N-methyl/N-ethyl adjacent to an activating group) is 1. The molecule has 4 rings (SSSR count). The topological polar surface area (TPSA) is 94.2 Å². The Morgan fingerprint density at radius 3 is 2.76 bits per heavy atom. The van der Waals surface area contributed by atoms with Gasteiger partial charge in [0.25, 0.3) is 5.91 Å². The molecule has 1 aliphatic rings. The van der Waals surface area contributed by atoms with Crippen LogP contribution in [0.2, 0.25) is 0 Å². The molecule has 0 spiro atoms. The maximum atomic E-state index is 13.5. The van der Waals surface area contributed by atoms with Crippen LogP contribution in [0.1, 0.15) is 22.1 Å². The van der Waals surface area contributed by atoms with E-state index in [4.69, 9.17) is 4.74 Å². The summed E-state index contributed by atoms with van der Waals surface area (Å²) in [5.41, 5.74) is 1.32. The highest BCUT2D eigenvalue weighted by Gasteiger charge is 2.38. The Kier molecular flexibility index (Phi) is 5.36. The first-order chi connectivity index (χ1) is 14.0. The number of morpholine rings is 1.